The van der Waals surface area contributed by atoms with Gasteiger partial charge in [-0.05, 0) is 40.5 Å². The Kier molecular flexibility index (Phi) is 5.10. The quantitative estimate of drug-likeness (QED) is 0.438. The van der Waals surface area contributed by atoms with Crippen molar-refractivity contribution in [3.05, 3.63) is 61.9 Å². The Morgan fingerprint density at radius 2 is 1.96 bits per heavy atom. The van der Waals surface area contributed by atoms with Gasteiger partial charge in [0.15, 0.2) is 5.82 Å². The predicted molar refractivity (Wildman–Crippen MR) is 97.7 cm³/mol. The summed E-state index contributed by atoms with van der Waals surface area (Å²) >= 11 is 6.67. The highest BCUT2D eigenvalue weighted by Crippen LogP contribution is 2.32. The summed E-state index contributed by atoms with van der Waals surface area (Å²) in [6.07, 6.45) is 2.77. The second kappa shape index (κ2) is 7.30. The van der Waals surface area contributed by atoms with E-state index in [2.05, 4.69) is 4.98 Å². The summed E-state index contributed by atoms with van der Waals surface area (Å²) in [5.41, 5.74) is 0.751. The topological polar surface area (TPSA) is 98.3 Å². The number of nitro groups is 1. The van der Waals surface area contributed by atoms with E-state index in [1.54, 1.807) is 37.3 Å². The summed E-state index contributed by atoms with van der Waals surface area (Å²) in [7, 11) is 0. The van der Waals surface area contributed by atoms with E-state index in [9.17, 15) is 19.7 Å². The van der Waals surface area contributed by atoms with Crippen molar-refractivity contribution in [3.63, 3.8) is 0 Å². The van der Waals surface area contributed by atoms with Crippen LogP contribution in [0, 0.1) is 17.0 Å². The number of rotatable bonds is 5. The van der Waals surface area contributed by atoms with E-state index in [1.807, 2.05) is 0 Å². The molecular formula is C16H13ClN4O4S. The van der Waals surface area contributed by atoms with E-state index in [1.165, 1.54) is 4.57 Å². The van der Waals surface area contributed by atoms with Crippen molar-refractivity contribution >= 4 is 46.4 Å². The standard InChI is InChI=1S/C16H13ClN4O4S/c1-10-18-9-14(21(24)25)19(10)6-7-20-15(22)13(26-16(20)23)8-11-2-4-12(17)5-3-11/h2-5,8-9H,6-7H2,1H3/b13-8+. The van der Waals surface area contributed by atoms with Gasteiger partial charge in [-0.3, -0.25) is 14.5 Å². The first kappa shape index (κ1) is 18.2. The number of benzene rings is 1. The highest BCUT2D eigenvalue weighted by Gasteiger charge is 2.35. The van der Waals surface area contributed by atoms with E-state index in [4.69, 9.17) is 11.6 Å². The van der Waals surface area contributed by atoms with Crippen LogP contribution in [-0.4, -0.2) is 37.1 Å². The third kappa shape index (κ3) is 3.63. The van der Waals surface area contributed by atoms with Gasteiger partial charge in [0.2, 0.25) is 0 Å². The van der Waals surface area contributed by atoms with Gasteiger partial charge >= 0.3 is 5.82 Å². The summed E-state index contributed by atoms with van der Waals surface area (Å²) in [5, 5.41) is 11.2. The fraction of sp³-hybridized carbons (Fsp3) is 0.188. The lowest BCUT2D eigenvalue weighted by molar-refractivity contribution is -0.392. The molecule has 0 spiro atoms. The van der Waals surface area contributed by atoms with Crippen molar-refractivity contribution < 1.29 is 14.5 Å². The Balaban J connectivity index is 1.75. The SMILES string of the molecule is Cc1ncc([N+](=O)[O-])n1CCN1C(=O)S/C(=C/c2ccc(Cl)cc2)C1=O. The van der Waals surface area contributed by atoms with E-state index < -0.39 is 16.1 Å². The van der Waals surface area contributed by atoms with E-state index >= 15 is 0 Å². The van der Waals surface area contributed by atoms with Crippen LogP contribution in [0.2, 0.25) is 5.02 Å². The zero-order valence-corrected chi connectivity index (χ0v) is 15.2. The first-order valence-corrected chi connectivity index (χ1v) is 8.73. The molecule has 1 aromatic carbocycles. The summed E-state index contributed by atoms with van der Waals surface area (Å²) in [5.74, 6) is -0.151. The largest absolute Gasteiger partial charge is 0.358 e. The van der Waals surface area contributed by atoms with Crippen molar-refractivity contribution in [1.82, 2.24) is 14.5 Å². The number of imidazole rings is 1. The second-order valence-electron chi connectivity index (χ2n) is 5.46. The molecule has 0 unspecified atom stereocenters. The monoisotopic (exact) mass is 392 g/mol. The number of carbonyl (C=O) groups is 2. The van der Waals surface area contributed by atoms with Crippen LogP contribution in [0.1, 0.15) is 11.4 Å². The van der Waals surface area contributed by atoms with Gasteiger partial charge in [0.25, 0.3) is 11.1 Å². The van der Waals surface area contributed by atoms with Gasteiger partial charge in [-0.25, -0.2) is 9.55 Å². The molecule has 134 valence electrons. The van der Waals surface area contributed by atoms with Crippen molar-refractivity contribution in [2.75, 3.05) is 6.54 Å². The van der Waals surface area contributed by atoms with Gasteiger partial charge in [0, 0.05) is 11.9 Å². The van der Waals surface area contributed by atoms with E-state index in [0.717, 1.165) is 28.4 Å². The molecule has 1 aromatic heterocycles. The molecule has 0 aliphatic carbocycles. The lowest BCUT2D eigenvalue weighted by Crippen LogP contribution is -2.31. The maximum Gasteiger partial charge on any atom is 0.342 e. The van der Waals surface area contributed by atoms with Crippen molar-refractivity contribution in [2.24, 2.45) is 0 Å². The summed E-state index contributed by atoms with van der Waals surface area (Å²) in [4.78, 5) is 40.4. The number of carbonyl (C=O) groups excluding carboxylic acids is 2. The molecule has 0 N–H and O–H groups in total. The molecule has 0 saturated carbocycles. The van der Waals surface area contributed by atoms with Crippen LogP contribution >= 0.6 is 23.4 Å². The highest BCUT2D eigenvalue weighted by molar-refractivity contribution is 8.18. The molecule has 2 amide bonds. The van der Waals surface area contributed by atoms with Crippen molar-refractivity contribution in [3.8, 4) is 0 Å². The number of halogens is 1. The number of aromatic nitrogens is 2. The van der Waals surface area contributed by atoms with Crippen LogP contribution in [0.5, 0.6) is 0 Å². The van der Waals surface area contributed by atoms with Gasteiger partial charge in [0.1, 0.15) is 12.7 Å². The molecule has 2 heterocycles. The number of nitrogens with zero attached hydrogens (tertiary/aromatic N) is 4. The van der Waals surface area contributed by atoms with Crippen molar-refractivity contribution in [1.29, 1.82) is 0 Å². The smallest absolute Gasteiger partial charge is 0.342 e. The molecule has 1 saturated heterocycles. The molecule has 1 aliphatic rings. The van der Waals surface area contributed by atoms with E-state index in [-0.39, 0.29) is 18.9 Å². The Morgan fingerprint density at radius 3 is 2.62 bits per heavy atom. The van der Waals surface area contributed by atoms with Gasteiger partial charge in [-0.2, -0.15) is 0 Å². The first-order chi connectivity index (χ1) is 12.4. The summed E-state index contributed by atoms with van der Waals surface area (Å²) in [6, 6.07) is 6.88. The molecule has 3 rings (SSSR count). The minimum Gasteiger partial charge on any atom is -0.358 e. The van der Waals surface area contributed by atoms with E-state index in [0.29, 0.717) is 15.8 Å². The lowest BCUT2D eigenvalue weighted by atomic mass is 10.2. The lowest BCUT2D eigenvalue weighted by Gasteiger charge is -2.11. The van der Waals surface area contributed by atoms with Gasteiger partial charge in [-0.1, -0.05) is 23.7 Å². The fourth-order valence-electron chi connectivity index (χ4n) is 2.48. The average Bonchev–Trinajstić information content (AvgIpc) is 3.08. The van der Waals surface area contributed by atoms with Gasteiger partial charge in [-0.15, -0.1) is 0 Å². The number of hydrogen-bond acceptors (Lipinski definition) is 6. The van der Waals surface area contributed by atoms with Gasteiger partial charge in [0.05, 0.1) is 11.4 Å². The highest BCUT2D eigenvalue weighted by atomic mass is 35.5. The Labute approximate surface area is 157 Å². The second-order valence-corrected chi connectivity index (χ2v) is 6.89. The molecule has 1 aliphatic heterocycles. The molecule has 0 bridgehead atoms. The molecule has 0 radical (unpaired) electrons. The normalized spacial score (nSPS) is 15.9. The number of hydrogen-bond donors (Lipinski definition) is 0. The Bertz CT molecular complexity index is 923. The molecule has 10 heteroatoms. The Morgan fingerprint density at radius 1 is 1.27 bits per heavy atom. The molecule has 0 atom stereocenters. The number of thioether (sulfide) groups is 1. The van der Waals surface area contributed by atoms with Crippen LogP contribution in [0.3, 0.4) is 0 Å². The third-order valence-corrected chi connectivity index (χ3v) is 4.97. The number of amides is 2. The maximum absolute atomic E-state index is 12.5. The molecular weight excluding hydrogens is 380 g/mol. The Hall–Kier alpha value is -2.65. The molecule has 1 fully saturated rings. The van der Waals surface area contributed by atoms with Crippen LogP contribution in [0.25, 0.3) is 6.08 Å². The predicted octanol–water partition coefficient (Wildman–Crippen LogP) is 3.49. The number of imide groups is 1. The zero-order valence-electron chi connectivity index (χ0n) is 13.6. The fourth-order valence-corrected chi connectivity index (χ4v) is 3.47. The van der Waals surface area contributed by atoms with Crippen LogP contribution in [0.15, 0.2) is 35.4 Å². The summed E-state index contributed by atoms with van der Waals surface area (Å²) in [6.45, 7) is 1.76. The maximum atomic E-state index is 12.5. The molecule has 26 heavy (non-hydrogen) atoms. The number of aryl methyl sites for hydroxylation is 1. The zero-order chi connectivity index (χ0) is 18.8. The van der Waals surface area contributed by atoms with Gasteiger partial charge < -0.3 is 10.1 Å². The first-order valence-electron chi connectivity index (χ1n) is 7.54. The van der Waals surface area contributed by atoms with Crippen molar-refractivity contribution in [2.45, 2.75) is 13.5 Å². The average molecular weight is 393 g/mol. The molecule has 8 nitrogen and oxygen atoms in total. The van der Waals surface area contributed by atoms with Crippen LogP contribution < -0.4 is 0 Å². The summed E-state index contributed by atoms with van der Waals surface area (Å²) < 4.78 is 1.37. The minimum absolute atomic E-state index is 0.0284. The molecule has 2 aromatic rings. The minimum atomic E-state index is -0.547. The third-order valence-electron chi connectivity index (χ3n) is 3.81. The van der Waals surface area contributed by atoms with Crippen LogP contribution in [0.4, 0.5) is 10.6 Å². The van der Waals surface area contributed by atoms with Crippen LogP contribution in [-0.2, 0) is 11.3 Å².